The number of rotatable bonds is 5. The minimum absolute atomic E-state index is 0.345. The number of nitrogen functional groups attached to an aromatic ring is 1. The molecule has 0 heterocycles. The van der Waals surface area contributed by atoms with E-state index in [0.717, 1.165) is 18.5 Å². The number of aliphatic hydroxyl groups excluding tert-OH is 1. The van der Waals surface area contributed by atoms with Gasteiger partial charge < -0.3 is 16.2 Å². The summed E-state index contributed by atoms with van der Waals surface area (Å²) in [5.41, 5.74) is 7.43. The normalized spacial score (nSPS) is 11.8. The minimum Gasteiger partial charge on any atom is -0.398 e. The lowest BCUT2D eigenvalue weighted by Gasteiger charge is -2.12. The fourth-order valence-corrected chi connectivity index (χ4v) is 1.45. The number of nitrogens with two attached hydrogens (primary N) is 1. The average Bonchev–Trinajstić information content (AvgIpc) is 2.27. The molecule has 1 unspecified atom stereocenters. The SMILES string of the molecule is CCCC(O)CNc1ccc(C#N)c(N)c1. The number of nitrogens with one attached hydrogen (secondary N) is 1. The van der Waals surface area contributed by atoms with Gasteiger partial charge in [-0.2, -0.15) is 5.26 Å². The van der Waals surface area contributed by atoms with Gasteiger partial charge in [0.1, 0.15) is 6.07 Å². The lowest BCUT2D eigenvalue weighted by atomic mass is 10.1. The van der Waals surface area contributed by atoms with Gasteiger partial charge in [-0.3, -0.25) is 0 Å². The number of nitriles is 1. The van der Waals surface area contributed by atoms with Gasteiger partial charge >= 0.3 is 0 Å². The van der Waals surface area contributed by atoms with Crippen molar-refractivity contribution >= 4 is 11.4 Å². The molecule has 0 spiro atoms. The summed E-state index contributed by atoms with van der Waals surface area (Å²) in [6, 6.07) is 7.17. The number of aliphatic hydroxyl groups is 1. The van der Waals surface area contributed by atoms with Gasteiger partial charge in [-0.1, -0.05) is 13.3 Å². The quantitative estimate of drug-likeness (QED) is 0.658. The molecule has 0 radical (unpaired) electrons. The maximum absolute atomic E-state index is 9.53. The van der Waals surface area contributed by atoms with Gasteiger partial charge in [0.05, 0.1) is 17.4 Å². The first-order chi connectivity index (χ1) is 7.67. The van der Waals surface area contributed by atoms with Gasteiger partial charge in [0.2, 0.25) is 0 Å². The van der Waals surface area contributed by atoms with E-state index in [0.29, 0.717) is 17.8 Å². The Morgan fingerprint density at radius 2 is 2.31 bits per heavy atom. The van der Waals surface area contributed by atoms with Crippen LogP contribution < -0.4 is 11.1 Å². The Morgan fingerprint density at radius 3 is 2.88 bits per heavy atom. The molecule has 4 N–H and O–H groups in total. The van der Waals surface area contributed by atoms with E-state index < -0.39 is 0 Å². The van der Waals surface area contributed by atoms with Crippen LogP contribution in [-0.4, -0.2) is 17.8 Å². The Labute approximate surface area is 95.7 Å². The van der Waals surface area contributed by atoms with E-state index >= 15 is 0 Å². The first kappa shape index (κ1) is 12.3. The summed E-state index contributed by atoms with van der Waals surface area (Å²) < 4.78 is 0. The van der Waals surface area contributed by atoms with E-state index in [1.54, 1.807) is 18.2 Å². The van der Waals surface area contributed by atoms with Gasteiger partial charge in [-0.05, 0) is 24.6 Å². The lowest BCUT2D eigenvalue weighted by Crippen LogP contribution is -2.19. The molecule has 0 aliphatic heterocycles. The molecule has 4 heteroatoms. The van der Waals surface area contributed by atoms with Gasteiger partial charge in [0.15, 0.2) is 0 Å². The molecule has 4 nitrogen and oxygen atoms in total. The Balaban J connectivity index is 2.56. The molecule has 86 valence electrons. The van der Waals surface area contributed by atoms with Crippen molar-refractivity contribution in [3.63, 3.8) is 0 Å². The third kappa shape index (κ3) is 3.44. The monoisotopic (exact) mass is 219 g/mol. The third-order valence-electron chi connectivity index (χ3n) is 2.34. The van der Waals surface area contributed by atoms with Crippen molar-refractivity contribution < 1.29 is 5.11 Å². The van der Waals surface area contributed by atoms with Crippen molar-refractivity contribution in [3.8, 4) is 6.07 Å². The summed E-state index contributed by atoms with van der Waals surface area (Å²) in [5.74, 6) is 0. The van der Waals surface area contributed by atoms with Crippen molar-refractivity contribution in [1.82, 2.24) is 0 Å². The van der Waals surface area contributed by atoms with Crippen molar-refractivity contribution in [2.24, 2.45) is 0 Å². The molecule has 0 saturated carbocycles. The van der Waals surface area contributed by atoms with Crippen molar-refractivity contribution in [3.05, 3.63) is 23.8 Å². The van der Waals surface area contributed by atoms with Crippen LogP contribution in [0, 0.1) is 11.3 Å². The molecule has 0 aliphatic carbocycles. The topological polar surface area (TPSA) is 82.1 Å². The highest BCUT2D eigenvalue weighted by atomic mass is 16.3. The summed E-state index contributed by atoms with van der Waals surface area (Å²) >= 11 is 0. The minimum atomic E-state index is -0.345. The summed E-state index contributed by atoms with van der Waals surface area (Å²) in [5, 5.41) is 21.3. The summed E-state index contributed by atoms with van der Waals surface area (Å²) in [4.78, 5) is 0. The highest BCUT2D eigenvalue weighted by Crippen LogP contribution is 2.17. The van der Waals surface area contributed by atoms with Crippen LogP contribution in [0.15, 0.2) is 18.2 Å². The average molecular weight is 219 g/mol. The molecular weight excluding hydrogens is 202 g/mol. The molecular formula is C12H17N3O. The third-order valence-corrected chi connectivity index (χ3v) is 2.34. The second-order valence-electron chi connectivity index (χ2n) is 3.74. The lowest BCUT2D eigenvalue weighted by molar-refractivity contribution is 0.176. The van der Waals surface area contributed by atoms with Gasteiger partial charge in [0, 0.05) is 12.2 Å². The van der Waals surface area contributed by atoms with E-state index in [2.05, 4.69) is 5.32 Å². The molecule has 1 aromatic carbocycles. The first-order valence-electron chi connectivity index (χ1n) is 5.39. The highest BCUT2D eigenvalue weighted by Gasteiger charge is 2.03. The van der Waals surface area contributed by atoms with Crippen LogP contribution >= 0.6 is 0 Å². The van der Waals surface area contributed by atoms with E-state index in [1.807, 2.05) is 13.0 Å². The predicted molar refractivity (Wildman–Crippen MR) is 65.0 cm³/mol. The van der Waals surface area contributed by atoms with Crippen LogP contribution in [0.5, 0.6) is 0 Å². The Bertz CT molecular complexity index is 384. The first-order valence-corrected chi connectivity index (χ1v) is 5.39. The molecule has 0 bridgehead atoms. The van der Waals surface area contributed by atoms with E-state index in [4.69, 9.17) is 11.0 Å². The molecule has 1 rings (SSSR count). The number of hydrogen-bond acceptors (Lipinski definition) is 4. The molecule has 16 heavy (non-hydrogen) atoms. The Kier molecular flexibility index (Phi) is 4.62. The standard InChI is InChI=1S/C12H17N3O/c1-2-3-11(16)8-15-10-5-4-9(7-13)12(14)6-10/h4-6,11,15-16H,2-3,8,14H2,1H3. The van der Waals surface area contributed by atoms with E-state index in [1.165, 1.54) is 0 Å². The zero-order valence-corrected chi connectivity index (χ0v) is 9.40. The molecule has 0 aliphatic rings. The predicted octanol–water partition coefficient (Wildman–Crippen LogP) is 1.71. The Hall–Kier alpha value is -1.73. The maximum atomic E-state index is 9.53. The smallest absolute Gasteiger partial charge is 0.101 e. The van der Waals surface area contributed by atoms with Crippen molar-refractivity contribution in [2.45, 2.75) is 25.9 Å². The fourth-order valence-electron chi connectivity index (χ4n) is 1.45. The molecule has 0 fully saturated rings. The fraction of sp³-hybridized carbons (Fsp3) is 0.417. The summed E-state index contributed by atoms with van der Waals surface area (Å²) in [7, 11) is 0. The number of nitrogens with zero attached hydrogens (tertiary/aromatic N) is 1. The van der Waals surface area contributed by atoms with E-state index in [-0.39, 0.29) is 6.10 Å². The number of anilines is 2. The zero-order valence-electron chi connectivity index (χ0n) is 9.40. The van der Waals surface area contributed by atoms with Crippen molar-refractivity contribution in [1.29, 1.82) is 5.26 Å². The van der Waals surface area contributed by atoms with Crippen LogP contribution in [0.2, 0.25) is 0 Å². The van der Waals surface area contributed by atoms with Crippen molar-refractivity contribution in [2.75, 3.05) is 17.6 Å². The van der Waals surface area contributed by atoms with E-state index in [9.17, 15) is 5.11 Å². The van der Waals surface area contributed by atoms with Gasteiger partial charge in [-0.15, -0.1) is 0 Å². The molecule has 0 amide bonds. The van der Waals surface area contributed by atoms with Gasteiger partial charge in [0.25, 0.3) is 0 Å². The molecule has 0 aromatic heterocycles. The summed E-state index contributed by atoms with van der Waals surface area (Å²) in [6.45, 7) is 2.53. The van der Waals surface area contributed by atoms with Crippen LogP contribution in [0.25, 0.3) is 0 Å². The molecule has 1 atom stereocenters. The van der Waals surface area contributed by atoms with Crippen LogP contribution in [0.4, 0.5) is 11.4 Å². The zero-order chi connectivity index (χ0) is 12.0. The van der Waals surface area contributed by atoms with Gasteiger partial charge in [-0.25, -0.2) is 0 Å². The highest BCUT2D eigenvalue weighted by molar-refractivity contribution is 5.62. The summed E-state index contributed by atoms with van der Waals surface area (Å²) in [6.07, 6.45) is 1.39. The Morgan fingerprint density at radius 1 is 1.56 bits per heavy atom. The molecule has 0 saturated heterocycles. The van der Waals surface area contributed by atoms with Crippen LogP contribution in [0.1, 0.15) is 25.3 Å². The largest absolute Gasteiger partial charge is 0.398 e. The number of hydrogen-bond donors (Lipinski definition) is 3. The molecule has 1 aromatic rings. The van der Waals surface area contributed by atoms with Crippen LogP contribution in [0.3, 0.4) is 0 Å². The maximum Gasteiger partial charge on any atom is 0.101 e. The number of benzene rings is 1. The van der Waals surface area contributed by atoms with Crippen LogP contribution in [-0.2, 0) is 0 Å². The second kappa shape index (κ2) is 5.99. The second-order valence-corrected chi connectivity index (χ2v) is 3.74.